The first-order chi connectivity index (χ1) is 15.1. The van der Waals surface area contributed by atoms with E-state index in [1.165, 1.54) is 24.3 Å². The number of nitrogens with zero attached hydrogens (tertiary/aromatic N) is 1. The van der Waals surface area contributed by atoms with Gasteiger partial charge < -0.3 is 5.32 Å². The minimum Gasteiger partial charge on any atom is -0.324 e. The Morgan fingerprint density at radius 3 is 2.31 bits per heavy atom. The van der Waals surface area contributed by atoms with E-state index in [9.17, 15) is 22.4 Å². The predicted molar refractivity (Wildman–Crippen MR) is 124 cm³/mol. The lowest BCUT2D eigenvalue weighted by molar-refractivity contribution is -0.114. The van der Waals surface area contributed by atoms with Gasteiger partial charge in [0.25, 0.3) is 0 Å². The summed E-state index contributed by atoms with van der Waals surface area (Å²) in [6.07, 6.45) is 0.907. The summed E-state index contributed by atoms with van der Waals surface area (Å²) in [6, 6.07) is 16.1. The number of hydrogen-bond acceptors (Lipinski definition) is 4. The molecule has 3 aromatic rings. The van der Waals surface area contributed by atoms with Gasteiger partial charge in [-0.2, -0.15) is 0 Å². The first-order valence-corrected chi connectivity index (χ1v) is 11.8. The van der Waals surface area contributed by atoms with Gasteiger partial charge in [-0.1, -0.05) is 53.5 Å². The highest BCUT2D eigenvalue weighted by Gasteiger charge is 2.23. The number of ketones is 1. The van der Waals surface area contributed by atoms with E-state index in [1.807, 2.05) is 0 Å². The zero-order valence-electron chi connectivity index (χ0n) is 16.7. The average Bonchev–Trinajstić information content (AvgIpc) is 2.74. The molecule has 0 fully saturated rings. The second-order valence-corrected chi connectivity index (χ2v) is 9.55. The fourth-order valence-corrected chi connectivity index (χ4v) is 4.11. The van der Waals surface area contributed by atoms with Crippen LogP contribution in [0.1, 0.15) is 15.9 Å². The summed E-state index contributed by atoms with van der Waals surface area (Å²) < 4.78 is 38.8. The lowest BCUT2D eigenvalue weighted by atomic mass is 10.0. The molecule has 0 aliphatic rings. The molecule has 6 nitrogen and oxygen atoms in total. The molecule has 1 N–H and O–H groups in total. The van der Waals surface area contributed by atoms with Crippen LogP contribution in [0.5, 0.6) is 0 Å². The minimum absolute atomic E-state index is 0.0192. The number of benzene rings is 3. The second kappa shape index (κ2) is 9.68. The molecule has 0 spiro atoms. The van der Waals surface area contributed by atoms with Crippen LogP contribution in [0, 0.1) is 5.82 Å². The van der Waals surface area contributed by atoms with E-state index in [0.717, 1.165) is 22.7 Å². The van der Waals surface area contributed by atoms with Crippen molar-refractivity contribution < 1.29 is 22.4 Å². The fourth-order valence-electron chi connectivity index (χ4n) is 2.92. The number of carbonyl (C=O) groups excluding carboxylic acids is 2. The molecule has 10 heteroatoms. The molecule has 0 heterocycles. The van der Waals surface area contributed by atoms with Crippen molar-refractivity contribution >= 4 is 56.3 Å². The molecule has 0 atom stereocenters. The quantitative estimate of drug-likeness (QED) is 0.479. The second-order valence-electron chi connectivity index (χ2n) is 6.80. The van der Waals surface area contributed by atoms with Crippen LogP contribution in [0.3, 0.4) is 0 Å². The van der Waals surface area contributed by atoms with Gasteiger partial charge in [0.05, 0.1) is 22.7 Å². The van der Waals surface area contributed by atoms with Crippen molar-refractivity contribution in [3.8, 4) is 0 Å². The monoisotopic (exact) mass is 494 g/mol. The Kier molecular flexibility index (Phi) is 7.18. The van der Waals surface area contributed by atoms with Crippen molar-refractivity contribution in [1.29, 1.82) is 0 Å². The molecule has 1 amide bonds. The third-order valence-corrected chi connectivity index (χ3v) is 6.08. The van der Waals surface area contributed by atoms with E-state index in [1.54, 1.807) is 30.3 Å². The highest BCUT2D eigenvalue weighted by molar-refractivity contribution is 7.92. The van der Waals surface area contributed by atoms with Gasteiger partial charge in [0.2, 0.25) is 15.9 Å². The maximum Gasteiger partial charge on any atom is 0.245 e. The Morgan fingerprint density at radius 1 is 1.00 bits per heavy atom. The van der Waals surface area contributed by atoms with Gasteiger partial charge in [0, 0.05) is 16.1 Å². The van der Waals surface area contributed by atoms with Gasteiger partial charge in [-0.3, -0.25) is 13.9 Å². The molecule has 0 radical (unpaired) electrons. The third kappa shape index (κ3) is 5.64. The summed E-state index contributed by atoms with van der Waals surface area (Å²) in [5.41, 5.74) is 0.723. The zero-order chi connectivity index (χ0) is 23.5. The molecular weight excluding hydrogens is 478 g/mol. The molecule has 0 unspecified atom stereocenters. The molecule has 0 aromatic heterocycles. The van der Waals surface area contributed by atoms with Crippen LogP contribution in [0.2, 0.25) is 10.0 Å². The van der Waals surface area contributed by atoms with E-state index < -0.39 is 28.3 Å². The Balaban J connectivity index is 1.89. The SMILES string of the molecule is CS(=O)(=O)N(CC(=O)Nc1ccc(Cl)cc1C(=O)c1ccccc1)c1ccc(F)c(Cl)c1. The number of amides is 1. The largest absolute Gasteiger partial charge is 0.324 e. The van der Waals surface area contributed by atoms with Crippen molar-refractivity contribution in [2.75, 3.05) is 22.4 Å². The topological polar surface area (TPSA) is 83.6 Å². The summed E-state index contributed by atoms with van der Waals surface area (Å²) in [5.74, 6) is -1.81. The van der Waals surface area contributed by atoms with Crippen LogP contribution in [0.25, 0.3) is 0 Å². The van der Waals surface area contributed by atoms with Crippen LogP contribution >= 0.6 is 23.2 Å². The van der Waals surface area contributed by atoms with Crippen LogP contribution in [-0.4, -0.2) is 32.9 Å². The van der Waals surface area contributed by atoms with Gasteiger partial charge in [-0.15, -0.1) is 0 Å². The molecule has 0 bridgehead atoms. The van der Waals surface area contributed by atoms with Gasteiger partial charge in [0.1, 0.15) is 12.4 Å². The Bertz CT molecular complexity index is 1280. The normalized spacial score (nSPS) is 11.1. The van der Waals surface area contributed by atoms with Crippen LogP contribution in [-0.2, 0) is 14.8 Å². The maximum absolute atomic E-state index is 13.5. The minimum atomic E-state index is -3.91. The van der Waals surface area contributed by atoms with Crippen molar-refractivity contribution in [2.45, 2.75) is 0 Å². The first-order valence-electron chi connectivity index (χ1n) is 9.18. The Morgan fingerprint density at radius 2 is 1.69 bits per heavy atom. The summed E-state index contributed by atoms with van der Waals surface area (Å²) >= 11 is 11.8. The number of hydrogen-bond donors (Lipinski definition) is 1. The van der Waals surface area contributed by atoms with E-state index in [4.69, 9.17) is 23.2 Å². The summed E-state index contributed by atoms with van der Waals surface area (Å²) in [6.45, 7) is -0.623. The van der Waals surface area contributed by atoms with Crippen LogP contribution in [0.4, 0.5) is 15.8 Å². The Labute approximate surface area is 194 Å². The number of rotatable bonds is 7. The third-order valence-electron chi connectivity index (χ3n) is 4.42. The number of carbonyl (C=O) groups is 2. The van der Waals surface area contributed by atoms with Gasteiger partial charge >= 0.3 is 0 Å². The van der Waals surface area contributed by atoms with Crippen molar-refractivity contribution in [1.82, 2.24) is 0 Å². The maximum atomic E-state index is 13.5. The highest BCUT2D eigenvalue weighted by Crippen LogP contribution is 2.26. The van der Waals surface area contributed by atoms with E-state index in [-0.39, 0.29) is 27.7 Å². The van der Waals surface area contributed by atoms with Gasteiger partial charge in [-0.05, 0) is 36.4 Å². The summed E-state index contributed by atoms with van der Waals surface area (Å²) in [5, 5.41) is 2.56. The predicted octanol–water partition coefficient (Wildman–Crippen LogP) is 4.77. The molecular formula is C22H17Cl2FN2O4S. The molecule has 0 aliphatic carbocycles. The van der Waals surface area contributed by atoms with Crippen LogP contribution in [0.15, 0.2) is 66.7 Å². The molecule has 3 aromatic carbocycles. The number of sulfonamides is 1. The van der Waals surface area contributed by atoms with E-state index in [2.05, 4.69) is 5.32 Å². The van der Waals surface area contributed by atoms with Gasteiger partial charge in [-0.25, -0.2) is 12.8 Å². The molecule has 0 aliphatic heterocycles. The van der Waals surface area contributed by atoms with Crippen molar-refractivity contribution in [3.63, 3.8) is 0 Å². The summed E-state index contributed by atoms with van der Waals surface area (Å²) in [4.78, 5) is 25.6. The van der Waals surface area contributed by atoms with Crippen molar-refractivity contribution in [2.24, 2.45) is 0 Å². The number of anilines is 2. The van der Waals surface area contributed by atoms with Gasteiger partial charge in [0.15, 0.2) is 5.78 Å². The number of halogens is 3. The lowest BCUT2D eigenvalue weighted by Crippen LogP contribution is -2.37. The van der Waals surface area contributed by atoms with Crippen LogP contribution < -0.4 is 9.62 Å². The molecule has 3 rings (SSSR count). The summed E-state index contributed by atoms with van der Waals surface area (Å²) in [7, 11) is -3.91. The highest BCUT2D eigenvalue weighted by atomic mass is 35.5. The standard InChI is InChI=1S/C22H17Cl2FN2O4S/c1-32(30,31)27(16-8-9-19(25)18(24)12-16)13-21(28)26-20-10-7-15(23)11-17(20)22(29)14-5-3-2-4-6-14/h2-12H,13H2,1H3,(H,26,28). The molecule has 32 heavy (non-hydrogen) atoms. The average molecular weight is 495 g/mol. The zero-order valence-corrected chi connectivity index (χ0v) is 19.0. The van der Waals surface area contributed by atoms with Crippen molar-refractivity contribution in [3.05, 3.63) is 93.7 Å². The Hall–Kier alpha value is -2.94. The van der Waals surface area contributed by atoms with E-state index in [0.29, 0.717) is 10.6 Å². The molecule has 0 saturated carbocycles. The number of nitrogens with one attached hydrogen (secondary N) is 1. The van der Waals surface area contributed by atoms with E-state index >= 15 is 0 Å². The first kappa shape index (κ1) is 23.7. The smallest absolute Gasteiger partial charge is 0.245 e. The molecule has 0 saturated heterocycles. The fraction of sp³-hybridized carbons (Fsp3) is 0.0909. The molecule has 166 valence electrons. The lowest BCUT2D eigenvalue weighted by Gasteiger charge is -2.22.